The van der Waals surface area contributed by atoms with Gasteiger partial charge in [-0.1, -0.05) is 22.0 Å². The number of benzene rings is 1. The Kier molecular flexibility index (Phi) is 5.75. The second-order valence-corrected chi connectivity index (χ2v) is 4.47. The van der Waals surface area contributed by atoms with Crippen LogP contribution in [0.1, 0.15) is 11.7 Å². The van der Waals surface area contributed by atoms with Crippen molar-refractivity contribution in [1.82, 2.24) is 0 Å². The van der Waals surface area contributed by atoms with E-state index in [4.69, 9.17) is 4.74 Å². The molecule has 0 saturated heterocycles. The van der Waals surface area contributed by atoms with Gasteiger partial charge in [-0.15, -0.1) is 0 Å². The molecule has 0 heterocycles. The number of methoxy groups -OCH3 is 1. The molecule has 0 N–H and O–H groups in total. The number of alkyl halides is 4. The van der Waals surface area contributed by atoms with E-state index < -0.39 is 22.9 Å². The Balaban J connectivity index is 3.18. The van der Waals surface area contributed by atoms with Crippen LogP contribution in [0.4, 0.5) is 18.9 Å². The average Bonchev–Trinajstić information content (AvgIpc) is 2.36. The van der Waals surface area contributed by atoms with Crippen LogP contribution in [0.15, 0.2) is 18.2 Å². The molecule has 1 aromatic rings. The Labute approximate surface area is 121 Å². The second-order valence-electron chi connectivity index (χ2n) is 3.68. The summed E-state index contributed by atoms with van der Waals surface area (Å²) in [7, 11) is 0.888. The minimum atomic E-state index is -4.65. The van der Waals surface area contributed by atoms with Gasteiger partial charge in [0, 0.05) is 18.5 Å². The topological polar surface area (TPSA) is 61.6 Å². The molecule has 0 bridgehead atoms. The first kappa shape index (κ1) is 16.7. The zero-order chi connectivity index (χ0) is 15.3. The largest absolute Gasteiger partial charge is 0.486 e. The van der Waals surface area contributed by atoms with Crippen LogP contribution < -0.4 is 4.74 Å². The molecule has 1 aromatic carbocycles. The van der Waals surface area contributed by atoms with Crippen LogP contribution in [0.25, 0.3) is 0 Å². The number of nitro benzene ring substituents is 1. The van der Waals surface area contributed by atoms with Gasteiger partial charge >= 0.3 is 11.9 Å². The van der Waals surface area contributed by atoms with Gasteiger partial charge in [0.25, 0.3) is 0 Å². The van der Waals surface area contributed by atoms with Crippen LogP contribution in [-0.2, 0) is 4.74 Å². The lowest BCUT2D eigenvalue weighted by Gasteiger charge is -2.19. The molecule has 0 aliphatic rings. The maximum Gasteiger partial charge on any atom is 0.418 e. The zero-order valence-electron chi connectivity index (χ0n) is 10.3. The van der Waals surface area contributed by atoms with E-state index in [0.29, 0.717) is 5.33 Å². The van der Waals surface area contributed by atoms with Gasteiger partial charge in [-0.2, -0.15) is 13.2 Å². The van der Waals surface area contributed by atoms with Crippen molar-refractivity contribution in [3.63, 3.8) is 0 Å². The summed E-state index contributed by atoms with van der Waals surface area (Å²) in [5.41, 5.74) is -0.882. The summed E-state index contributed by atoms with van der Waals surface area (Å²) in [6.07, 6.45) is -6.87. The number of ether oxygens (including phenoxy) is 2. The van der Waals surface area contributed by atoms with E-state index in [0.717, 1.165) is 25.3 Å². The predicted octanol–water partition coefficient (Wildman–Crippen LogP) is 3.62. The first-order valence-corrected chi connectivity index (χ1v) is 6.50. The maximum atomic E-state index is 12.7. The maximum absolute atomic E-state index is 12.7. The van der Waals surface area contributed by atoms with E-state index in [1.54, 1.807) is 0 Å². The molecule has 0 aliphatic heterocycles. The summed E-state index contributed by atoms with van der Waals surface area (Å²) in [6.45, 7) is 0.160. The highest BCUT2D eigenvalue weighted by Gasteiger charge is 2.42. The molecule has 1 unspecified atom stereocenters. The smallest absolute Gasteiger partial charge is 0.418 e. The Bertz CT molecular complexity index is 481. The quantitative estimate of drug-likeness (QED) is 0.443. The second kappa shape index (κ2) is 6.89. The van der Waals surface area contributed by atoms with Gasteiger partial charge in [0.1, 0.15) is 0 Å². The molecule has 0 spiro atoms. The summed E-state index contributed by atoms with van der Waals surface area (Å²) in [5.74, 6) is -0.0878. The highest BCUT2D eigenvalue weighted by molar-refractivity contribution is 9.09. The number of rotatable bonds is 6. The van der Waals surface area contributed by atoms with Crippen LogP contribution >= 0.6 is 15.9 Å². The van der Waals surface area contributed by atoms with E-state index in [9.17, 15) is 23.3 Å². The highest BCUT2D eigenvalue weighted by atomic mass is 79.9. The number of hydrogen-bond donors (Lipinski definition) is 0. The third-order valence-electron chi connectivity index (χ3n) is 2.35. The van der Waals surface area contributed by atoms with Gasteiger partial charge in [-0.3, -0.25) is 10.1 Å². The SMILES string of the molecule is COC(c1ccc(OCCBr)c([N+](=O)[O-])c1)C(F)(F)F. The fourth-order valence-electron chi connectivity index (χ4n) is 1.57. The van der Waals surface area contributed by atoms with Crippen LogP contribution in [0.3, 0.4) is 0 Å². The Morgan fingerprint density at radius 1 is 1.45 bits per heavy atom. The Morgan fingerprint density at radius 3 is 2.55 bits per heavy atom. The van der Waals surface area contributed by atoms with Crippen molar-refractivity contribution < 1.29 is 27.6 Å². The average molecular weight is 358 g/mol. The number of nitro groups is 1. The Morgan fingerprint density at radius 2 is 2.10 bits per heavy atom. The van der Waals surface area contributed by atoms with Crippen molar-refractivity contribution in [2.45, 2.75) is 12.3 Å². The third-order valence-corrected chi connectivity index (χ3v) is 2.67. The van der Waals surface area contributed by atoms with Crippen molar-refractivity contribution in [3.8, 4) is 5.75 Å². The van der Waals surface area contributed by atoms with Crippen LogP contribution in [0, 0.1) is 10.1 Å². The van der Waals surface area contributed by atoms with E-state index >= 15 is 0 Å². The number of halogens is 4. The van der Waals surface area contributed by atoms with Gasteiger partial charge in [0.15, 0.2) is 11.9 Å². The van der Waals surface area contributed by atoms with Crippen LogP contribution in [0.5, 0.6) is 5.75 Å². The fourth-order valence-corrected chi connectivity index (χ4v) is 1.73. The minimum Gasteiger partial charge on any atom is -0.486 e. The van der Waals surface area contributed by atoms with Gasteiger partial charge in [0.05, 0.1) is 11.5 Å². The normalized spacial score (nSPS) is 13.1. The summed E-state index contributed by atoms with van der Waals surface area (Å²) in [5, 5.41) is 11.3. The van der Waals surface area contributed by atoms with Gasteiger partial charge in [-0.05, 0) is 11.6 Å². The summed E-state index contributed by atoms with van der Waals surface area (Å²) >= 11 is 3.08. The molecule has 0 saturated carbocycles. The molecule has 0 amide bonds. The van der Waals surface area contributed by atoms with E-state index in [1.165, 1.54) is 0 Å². The first-order valence-electron chi connectivity index (χ1n) is 5.38. The lowest BCUT2D eigenvalue weighted by Crippen LogP contribution is -2.22. The van der Waals surface area contributed by atoms with E-state index in [2.05, 4.69) is 20.7 Å². The van der Waals surface area contributed by atoms with Crippen LogP contribution in [-0.4, -0.2) is 30.1 Å². The molecule has 0 aliphatic carbocycles. The highest BCUT2D eigenvalue weighted by Crippen LogP contribution is 2.38. The van der Waals surface area contributed by atoms with Gasteiger partial charge < -0.3 is 9.47 Å². The first-order chi connectivity index (χ1) is 9.31. The molecular formula is C11H11BrF3NO4. The Hall–Kier alpha value is -1.35. The molecular weight excluding hydrogens is 347 g/mol. The molecule has 112 valence electrons. The molecule has 5 nitrogen and oxygen atoms in total. The summed E-state index contributed by atoms with van der Waals surface area (Å²) < 4.78 is 47.6. The minimum absolute atomic E-state index is 0.0878. The third kappa shape index (κ3) is 4.07. The zero-order valence-corrected chi connectivity index (χ0v) is 11.9. The standard InChI is InChI=1S/C11H11BrF3NO4/c1-19-10(11(13,14)15)7-2-3-9(20-5-4-12)8(6-7)16(17)18/h2-3,6,10H,4-5H2,1H3. The van der Waals surface area contributed by atoms with E-state index in [1.807, 2.05) is 0 Å². The molecule has 9 heteroatoms. The van der Waals surface area contributed by atoms with Crippen molar-refractivity contribution in [1.29, 1.82) is 0 Å². The molecule has 1 atom stereocenters. The van der Waals surface area contributed by atoms with Crippen molar-refractivity contribution in [3.05, 3.63) is 33.9 Å². The fraction of sp³-hybridized carbons (Fsp3) is 0.455. The lowest BCUT2D eigenvalue weighted by atomic mass is 10.1. The molecule has 0 aromatic heterocycles. The molecule has 0 fully saturated rings. The van der Waals surface area contributed by atoms with Gasteiger partial charge in [-0.25, -0.2) is 0 Å². The molecule has 1 rings (SSSR count). The van der Waals surface area contributed by atoms with Crippen molar-refractivity contribution in [2.24, 2.45) is 0 Å². The van der Waals surface area contributed by atoms with Crippen molar-refractivity contribution >= 4 is 21.6 Å². The monoisotopic (exact) mass is 357 g/mol. The summed E-state index contributed by atoms with van der Waals surface area (Å²) in [4.78, 5) is 10.1. The van der Waals surface area contributed by atoms with E-state index in [-0.39, 0.29) is 17.9 Å². The lowest BCUT2D eigenvalue weighted by molar-refractivity contribution is -0.386. The predicted molar refractivity (Wildman–Crippen MR) is 68.2 cm³/mol. The summed E-state index contributed by atoms with van der Waals surface area (Å²) in [6, 6.07) is 3.04. The number of hydrogen-bond acceptors (Lipinski definition) is 4. The molecule has 0 radical (unpaired) electrons. The van der Waals surface area contributed by atoms with Crippen LogP contribution in [0.2, 0.25) is 0 Å². The number of nitrogens with zero attached hydrogens (tertiary/aromatic N) is 1. The van der Waals surface area contributed by atoms with Crippen molar-refractivity contribution in [2.75, 3.05) is 19.0 Å². The molecule has 20 heavy (non-hydrogen) atoms. The van der Waals surface area contributed by atoms with Gasteiger partial charge in [0.2, 0.25) is 0 Å².